The van der Waals surface area contributed by atoms with Gasteiger partial charge < -0.3 is 5.11 Å². The van der Waals surface area contributed by atoms with Crippen molar-refractivity contribution in [2.24, 2.45) is 0 Å². The second-order valence-corrected chi connectivity index (χ2v) is 8.84. The van der Waals surface area contributed by atoms with Gasteiger partial charge in [0, 0.05) is 0 Å². The number of hydrogen-bond acceptors (Lipinski definition) is 1. The molecule has 0 amide bonds. The molecule has 0 aromatic rings. The maximum Gasteiger partial charge on any atom is 0.450 e. The zero-order valence-corrected chi connectivity index (χ0v) is 15.8. The van der Waals surface area contributed by atoms with Crippen LogP contribution in [-0.2, 0) is 4.79 Å². The van der Waals surface area contributed by atoms with Gasteiger partial charge in [0.1, 0.15) is 0 Å². The average Bonchev–Trinajstić information content (AvgIpc) is 2.57. The van der Waals surface area contributed by atoms with Gasteiger partial charge in [-0.2, -0.15) is 79.0 Å². The van der Waals surface area contributed by atoms with Crippen LogP contribution in [0.4, 0.5) is 98.5 Å². The molecular formula is C10HF23O2S. The fourth-order valence-corrected chi connectivity index (χ4v) is 2.35. The van der Waals surface area contributed by atoms with E-state index in [-0.39, 0.29) is 0 Å². The topological polar surface area (TPSA) is 37.3 Å². The molecule has 0 bridgehead atoms. The van der Waals surface area contributed by atoms with Gasteiger partial charge in [-0.05, 0) is 0 Å². The molecule has 0 aliphatic carbocycles. The highest BCUT2D eigenvalue weighted by Crippen LogP contribution is 3.06. The van der Waals surface area contributed by atoms with E-state index in [2.05, 4.69) is 0 Å². The summed E-state index contributed by atoms with van der Waals surface area (Å²) in [6, 6.07) is 0. The minimum Gasteiger partial charge on any atom is -0.477 e. The Morgan fingerprint density at radius 1 is 0.417 bits per heavy atom. The SMILES string of the molecule is O=C(O)C(F)(F)C(F)(F)C(F)(F)C(F)(F)C(F)(F)C(F)(F)C(F)(F)C(F)(F)C(F)(F)S(F)(F)(F)(F)F. The lowest BCUT2D eigenvalue weighted by Crippen LogP contribution is -2.76. The number of carboxylic acids is 1. The molecule has 0 spiro atoms. The van der Waals surface area contributed by atoms with E-state index < -0.39 is 68.8 Å². The van der Waals surface area contributed by atoms with Crippen LogP contribution in [0.1, 0.15) is 0 Å². The second-order valence-electron chi connectivity index (χ2n) is 6.39. The Morgan fingerprint density at radius 3 is 0.806 bits per heavy atom. The van der Waals surface area contributed by atoms with Gasteiger partial charge in [0.05, 0.1) is 0 Å². The van der Waals surface area contributed by atoms with Crippen molar-refractivity contribution >= 4 is 16.2 Å². The number of carboxylic acid groups (broad SMARTS) is 1. The number of carbonyl (C=O) groups is 1. The summed E-state index contributed by atoms with van der Waals surface area (Å²) in [6.07, 6.45) is 0. The Labute approximate surface area is 178 Å². The molecule has 0 aliphatic rings. The largest absolute Gasteiger partial charge is 0.477 e. The van der Waals surface area contributed by atoms with Crippen LogP contribution in [-0.4, -0.2) is 63.7 Å². The Balaban J connectivity index is 7.31. The molecule has 36 heavy (non-hydrogen) atoms. The van der Waals surface area contributed by atoms with Crippen LogP contribution in [0.3, 0.4) is 0 Å². The van der Waals surface area contributed by atoms with Crippen molar-refractivity contribution in [1.29, 1.82) is 0 Å². The van der Waals surface area contributed by atoms with Gasteiger partial charge >= 0.3 is 68.8 Å². The highest BCUT2D eigenvalue weighted by atomic mass is 32.5. The average molecular weight is 622 g/mol. The van der Waals surface area contributed by atoms with Crippen molar-refractivity contribution in [3.63, 3.8) is 0 Å². The van der Waals surface area contributed by atoms with Crippen LogP contribution in [0.5, 0.6) is 0 Å². The van der Waals surface area contributed by atoms with Crippen LogP contribution >= 0.6 is 10.2 Å². The lowest BCUT2D eigenvalue weighted by molar-refractivity contribution is -0.457. The van der Waals surface area contributed by atoms with E-state index in [4.69, 9.17) is 5.11 Å². The Kier molecular flexibility index (Phi) is 6.64. The van der Waals surface area contributed by atoms with Crippen molar-refractivity contribution in [2.75, 3.05) is 0 Å². The summed E-state index contributed by atoms with van der Waals surface area (Å²) in [5.41, 5.74) is 0. The molecule has 0 aromatic carbocycles. The predicted octanol–water partition coefficient (Wildman–Crippen LogP) is 8.04. The van der Waals surface area contributed by atoms with Crippen LogP contribution in [0, 0.1) is 0 Å². The van der Waals surface area contributed by atoms with Crippen LogP contribution in [0.15, 0.2) is 0 Å². The summed E-state index contributed by atoms with van der Waals surface area (Å²) in [7, 11) is -13.6. The molecule has 0 saturated carbocycles. The summed E-state index contributed by atoms with van der Waals surface area (Å²) >= 11 is 0. The minimum absolute atomic E-state index is 4.63. The maximum atomic E-state index is 13.3. The smallest absolute Gasteiger partial charge is 0.450 e. The van der Waals surface area contributed by atoms with Gasteiger partial charge in [0.2, 0.25) is 0 Å². The van der Waals surface area contributed by atoms with E-state index in [1.165, 1.54) is 0 Å². The van der Waals surface area contributed by atoms with Crippen LogP contribution in [0.25, 0.3) is 0 Å². The molecule has 26 heteroatoms. The van der Waals surface area contributed by atoms with Gasteiger partial charge in [0.25, 0.3) is 0 Å². The molecule has 0 radical (unpaired) electrons. The molecular weight excluding hydrogens is 621 g/mol. The third kappa shape index (κ3) is 3.77. The van der Waals surface area contributed by atoms with Crippen molar-refractivity contribution in [3.05, 3.63) is 0 Å². The number of halogens is 23. The summed E-state index contributed by atoms with van der Waals surface area (Å²) in [5, 5.41) is -2.25. The third-order valence-electron chi connectivity index (χ3n) is 3.88. The summed E-state index contributed by atoms with van der Waals surface area (Å²) < 4.78 is 294. The van der Waals surface area contributed by atoms with E-state index in [1.54, 1.807) is 0 Å². The highest BCUT2D eigenvalue weighted by Gasteiger charge is 3.02. The zero-order valence-electron chi connectivity index (χ0n) is 15.0. The number of hydrogen-bond donors (Lipinski definition) is 1. The molecule has 0 rings (SSSR count). The molecule has 0 heterocycles. The van der Waals surface area contributed by atoms with Crippen molar-refractivity contribution in [3.8, 4) is 0 Å². The Morgan fingerprint density at radius 2 is 0.611 bits per heavy atom. The predicted molar refractivity (Wildman–Crippen MR) is 65.3 cm³/mol. The Hall–Kier alpha value is -1.79. The molecule has 0 fully saturated rings. The molecule has 0 aromatic heterocycles. The molecule has 0 unspecified atom stereocenters. The summed E-state index contributed by atoms with van der Waals surface area (Å²) in [6.45, 7) is 0. The zero-order chi connectivity index (χ0) is 30.5. The van der Waals surface area contributed by atoms with Crippen molar-refractivity contribution in [1.82, 2.24) is 0 Å². The fourth-order valence-electron chi connectivity index (χ4n) is 1.74. The molecule has 0 aliphatic heterocycles. The minimum atomic E-state index is -13.6. The van der Waals surface area contributed by atoms with Crippen LogP contribution in [0.2, 0.25) is 0 Å². The summed E-state index contributed by atoms with van der Waals surface area (Å²) in [5.74, 6) is -77.9. The van der Waals surface area contributed by atoms with E-state index in [0.29, 0.717) is 0 Å². The lowest BCUT2D eigenvalue weighted by Gasteiger charge is -2.50. The van der Waals surface area contributed by atoms with Gasteiger partial charge in [-0.1, -0.05) is 19.4 Å². The molecule has 0 saturated heterocycles. The van der Waals surface area contributed by atoms with Gasteiger partial charge in [-0.15, -0.1) is 0 Å². The highest BCUT2D eigenvalue weighted by molar-refractivity contribution is 8.46. The van der Waals surface area contributed by atoms with Crippen molar-refractivity contribution in [2.45, 2.75) is 52.6 Å². The first-order valence-corrected chi connectivity index (χ1v) is 9.01. The number of rotatable bonds is 10. The van der Waals surface area contributed by atoms with Crippen LogP contribution < -0.4 is 0 Å². The summed E-state index contributed by atoms with van der Waals surface area (Å²) in [4.78, 5) is 9.82. The first-order valence-electron chi connectivity index (χ1n) is 7.06. The van der Waals surface area contributed by atoms with E-state index in [1.807, 2.05) is 0 Å². The Bertz CT molecular complexity index is 896. The van der Waals surface area contributed by atoms with E-state index in [0.717, 1.165) is 0 Å². The third-order valence-corrected chi connectivity index (χ3v) is 5.10. The monoisotopic (exact) mass is 622 g/mol. The van der Waals surface area contributed by atoms with E-state index in [9.17, 15) is 103 Å². The standard InChI is InChI=1S/C10HF23O2S/c11-2(12,1(34)35)3(13,14)4(15,16)5(17,18)6(19,20)7(21,22)8(23,24)9(25,26)10(27,28)36(29,30,31,32)33/h(H,34,35). The normalized spacial score (nSPS) is 18.5. The van der Waals surface area contributed by atoms with Gasteiger partial charge in [-0.3, -0.25) is 0 Å². The molecule has 0 atom stereocenters. The first kappa shape index (κ1) is 34.2. The number of aliphatic carboxylic acids is 1. The number of alkyl halides is 18. The van der Waals surface area contributed by atoms with E-state index >= 15 is 0 Å². The second kappa shape index (κ2) is 6.99. The molecule has 220 valence electrons. The van der Waals surface area contributed by atoms with Gasteiger partial charge in [-0.25, -0.2) is 4.79 Å². The molecule has 1 N–H and O–H groups in total. The maximum absolute atomic E-state index is 13.6. The first-order chi connectivity index (χ1) is 14.7. The fraction of sp³-hybridized carbons (Fsp3) is 0.900. The molecule has 2 nitrogen and oxygen atoms in total. The van der Waals surface area contributed by atoms with Gasteiger partial charge in [0.15, 0.2) is 0 Å². The quantitative estimate of drug-likeness (QED) is 0.251. The lowest BCUT2D eigenvalue weighted by atomic mass is 9.87. The van der Waals surface area contributed by atoms with Crippen molar-refractivity contribution < 1.29 is 108 Å².